The minimum Gasteiger partial charge on any atom is -0.465 e. The fraction of sp³-hybridized carbons (Fsp3) is 0.250. The molecule has 0 aromatic heterocycles. The van der Waals surface area contributed by atoms with Gasteiger partial charge in [0.05, 0.1) is 18.4 Å². The van der Waals surface area contributed by atoms with Crippen LogP contribution in [-0.2, 0) is 14.3 Å². The summed E-state index contributed by atoms with van der Waals surface area (Å²) in [4.78, 5) is 11.5. The summed E-state index contributed by atoms with van der Waals surface area (Å²) in [6.07, 6.45) is 5.82. The average molecular weight is 285 g/mol. The van der Waals surface area contributed by atoms with E-state index in [9.17, 15) is 4.79 Å². The van der Waals surface area contributed by atoms with E-state index >= 15 is 0 Å². The highest BCUT2D eigenvalue weighted by Crippen LogP contribution is 2.25. The molecule has 1 aliphatic rings. The molecule has 1 aliphatic heterocycles. The third-order valence-corrected chi connectivity index (χ3v) is 2.26. The SMILES string of the molecule is C=C(Br)/C=C\C(C(=O)OC)=C1/CC=C(C)O1. The smallest absolute Gasteiger partial charge is 0.341 e. The Hall–Kier alpha value is -1.29. The van der Waals surface area contributed by atoms with Crippen LogP contribution >= 0.6 is 15.9 Å². The molecule has 0 fully saturated rings. The van der Waals surface area contributed by atoms with Gasteiger partial charge in [0.25, 0.3) is 0 Å². The highest BCUT2D eigenvalue weighted by Gasteiger charge is 2.18. The maximum Gasteiger partial charge on any atom is 0.341 e. The van der Waals surface area contributed by atoms with Gasteiger partial charge in [-0.3, -0.25) is 0 Å². The molecule has 0 aliphatic carbocycles. The van der Waals surface area contributed by atoms with Crippen LogP contribution in [0.3, 0.4) is 0 Å². The van der Waals surface area contributed by atoms with E-state index in [2.05, 4.69) is 22.5 Å². The van der Waals surface area contributed by atoms with Crippen molar-refractivity contribution in [3.63, 3.8) is 0 Å². The molecule has 86 valence electrons. The summed E-state index contributed by atoms with van der Waals surface area (Å²) in [7, 11) is 1.34. The summed E-state index contributed by atoms with van der Waals surface area (Å²) >= 11 is 3.18. The summed E-state index contributed by atoms with van der Waals surface area (Å²) < 4.78 is 10.8. The van der Waals surface area contributed by atoms with E-state index in [1.807, 2.05) is 13.0 Å². The van der Waals surface area contributed by atoms with E-state index in [-0.39, 0.29) is 0 Å². The van der Waals surface area contributed by atoms with E-state index in [0.29, 0.717) is 22.2 Å². The quantitative estimate of drug-likeness (QED) is 0.454. The molecular formula is C12H13BrO3. The van der Waals surface area contributed by atoms with Crippen LogP contribution in [0.25, 0.3) is 0 Å². The van der Waals surface area contributed by atoms with Crippen LogP contribution in [0.5, 0.6) is 0 Å². The fourth-order valence-corrected chi connectivity index (χ4v) is 1.37. The van der Waals surface area contributed by atoms with Crippen molar-refractivity contribution in [2.45, 2.75) is 13.3 Å². The van der Waals surface area contributed by atoms with Gasteiger partial charge in [-0.15, -0.1) is 0 Å². The van der Waals surface area contributed by atoms with Crippen LogP contribution in [0.4, 0.5) is 0 Å². The number of carbonyl (C=O) groups is 1. The van der Waals surface area contributed by atoms with Gasteiger partial charge in [0, 0.05) is 10.9 Å². The van der Waals surface area contributed by atoms with Gasteiger partial charge >= 0.3 is 5.97 Å². The lowest BCUT2D eigenvalue weighted by atomic mass is 10.2. The third-order valence-electron chi connectivity index (χ3n) is 2.00. The molecule has 1 heterocycles. The minimum atomic E-state index is -0.414. The molecule has 1 rings (SSSR count). The summed E-state index contributed by atoms with van der Waals surface area (Å²) in [5.74, 6) is 0.986. The lowest BCUT2D eigenvalue weighted by molar-refractivity contribution is -0.135. The zero-order valence-corrected chi connectivity index (χ0v) is 10.8. The number of halogens is 1. The van der Waals surface area contributed by atoms with Gasteiger partial charge in [0.1, 0.15) is 5.76 Å². The summed E-state index contributed by atoms with van der Waals surface area (Å²) in [5, 5.41) is 0. The monoisotopic (exact) mass is 284 g/mol. The number of rotatable bonds is 3. The van der Waals surface area contributed by atoms with E-state index in [4.69, 9.17) is 9.47 Å². The molecule has 0 radical (unpaired) electrons. The molecule has 0 saturated carbocycles. The largest absolute Gasteiger partial charge is 0.465 e. The van der Waals surface area contributed by atoms with Gasteiger partial charge in [0.2, 0.25) is 0 Å². The van der Waals surface area contributed by atoms with Gasteiger partial charge < -0.3 is 9.47 Å². The van der Waals surface area contributed by atoms with Gasteiger partial charge in [-0.25, -0.2) is 4.79 Å². The minimum absolute atomic E-state index is 0.413. The molecule has 0 spiro atoms. The van der Waals surface area contributed by atoms with Gasteiger partial charge in [-0.2, -0.15) is 0 Å². The van der Waals surface area contributed by atoms with Crippen LogP contribution in [0.1, 0.15) is 13.3 Å². The second-order valence-corrected chi connectivity index (χ2v) is 4.25. The van der Waals surface area contributed by atoms with Gasteiger partial charge in [0.15, 0.2) is 0 Å². The number of hydrogen-bond acceptors (Lipinski definition) is 3. The van der Waals surface area contributed by atoms with Gasteiger partial charge in [-0.05, 0) is 25.2 Å². The molecule has 3 nitrogen and oxygen atoms in total. The van der Waals surface area contributed by atoms with Crippen LogP contribution in [0.2, 0.25) is 0 Å². The first-order valence-electron chi connectivity index (χ1n) is 4.73. The predicted octanol–water partition coefficient (Wildman–Crippen LogP) is 3.20. The van der Waals surface area contributed by atoms with Crippen molar-refractivity contribution in [1.29, 1.82) is 0 Å². The Morgan fingerprint density at radius 2 is 2.31 bits per heavy atom. The van der Waals surface area contributed by atoms with Crippen molar-refractivity contribution in [2.24, 2.45) is 0 Å². The fourth-order valence-electron chi connectivity index (χ4n) is 1.24. The standard InChI is InChI=1S/C12H13BrO3/c1-8(13)4-6-10(12(14)15-3)11-7-5-9(2)16-11/h4-6H,1,7H2,2-3H3/b6-4-,11-10-. The zero-order chi connectivity index (χ0) is 12.1. The first-order valence-corrected chi connectivity index (χ1v) is 5.52. The molecule has 4 heteroatoms. The van der Waals surface area contributed by atoms with Crippen molar-refractivity contribution in [1.82, 2.24) is 0 Å². The highest BCUT2D eigenvalue weighted by molar-refractivity contribution is 9.11. The lowest BCUT2D eigenvalue weighted by Crippen LogP contribution is -2.06. The van der Waals surface area contributed by atoms with Crippen LogP contribution < -0.4 is 0 Å². The topological polar surface area (TPSA) is 35.5 Å². The number of ether oxygens (including phenoxy) is 2. The van der Waals surface area contributed by atoms with E-state index in [0.717, 1.165) is 5.76 Å². The van der Waals surface area contributed by atoms with Crippen molar-refractivity contribution in [3.05, 3.63) is 46.4 Å². The molecule has 0 saturated heterocycles. The second-order valence-electron chi connectivity index (χ2n) is 3.23. The molecular weight excluding hydrogens is 272 g/mol. The van der Waals surface area contributed by atoms with Crippen LogP contribution in [-0.4, -0.2) is 13.1 Å². The Labute approximate surface area is 103 Å². The highest BCUT2D eigenvalue weighted by atomic mass is 79.9. The first kappa shape index (κ1) is 12.8. The number of allylic oxidation sites excluding steroid dienone is 4. The lowest BCUT2D eigenvalue weighted by Gasteiger charge is -2.06. The molecule has 0 unspecified atom stereocenters. The number of methoxy groups -OCH3 is 1. The first-order chi connectivity index (χ1) is 7.54. The number of hydrogen-bond donors (Lipinski definition) is 0. The summed E-state index contributed by atoms with van der Waals surface area (Å²) in [6, 6.07) is 0. The molecule has 0 N–H and O–H groups in total. The zero-order valence-electron chi connectivity index (χ0n) is 9.25. The number of carbonyl (C=O) groups excluding carboxylic acids is 1. The molecule has 0 bridgehead atoms. The maximum absolute atomic E-state index is 11.5. The van der Waals surface area contributed by atoms with E-state index in [1.165, 1.54) is 7.11 Å². The Bertz CT molecular complexity index is 402. The van der Waals surface area contributed by atoms with Crippen molar-refractivity contribution >= 4 is 21.9 Å². The maximum atomic E-state index is 11.5. The molecule has 0 amide bonds. The Kier molecular flexibility index (Phi) is 4.55. The van der Waals surface area contributed by atoms with E-state index in [1.54, 1.807) is 12.2 Å². The Morgan fingerprint density at radius 3 is 2.75 bits per heavy atom. The Balaban J connectivity index is 2.97. The Morgan fingerprint density at radius 1 is 1.62 bits per heavy atom. The van der Waals surface area contributed by atoms with Gasteiger partial charge in [-0.1, -0.05) is 22.5 Å². The van der Waals surface area contributed by atoms with Crippen LogP contribution in [0, 0.1) is 0 Å². The molecule has 0 aromatic carbocycles. The van der Waals surface area contributed by atoms with Crippen LogP contribution in [0.15, 0.2) is 46.4 Å². The predicted molar refractivity (Wildman–Crippen MR) is 65.7 cm³/mol. The summed E-state index contributed by atoms with van der Waals surface area (Å²) in [5.41, 5.74) is 0.413. The molecule has 16 heavy (non-hydrogen) atoms. The normalized spacial score (nSPS) is 18.1. The van der Waals surface area contributed by atoms with Crippen molar-refractivity contribution in [2.75, 3.05) is 7.11 Å². The van der Waals surface area contributed by atoms with E-state index < -0.39 is 5.97 Å². The average Bonchev–Trinajstić information content (AvgIpc) is 2.64. The molecule has 0 aromatic rings. The van der Waals surface area contributed by atoms with Crippen molar-refractivity contribution < 1.29 is 14.3 Å². The summed E-state index contributed by atoms with van der Waals surface area (Å²) in [6.45, 7) is 5.50. The van der Waals surface area contributed by atoms with Crippen molar-refractivity contribution in [3.8, 4) is 0 Å². The third kappa shape index (κ3) is 3.38. The second kappa shape index (κ2) is 5.70. The number of esters is 1. The molecule has 0 atom stereocenters.